The number of unbranched alkanes of at least 4 members (excludes halogenated alkanes) is 9. The van der Waals surface area contributed by atoms with Crippen LogP contribution in [0.15, 0.2) is 42.5 Å². The first-order valence-corrected chi connectivity index (χ1v) is 17.4. The van der Waals surface area contributed by atoms with E-state index in [4.69, 9.17) is 15.9 Å². The van der Waals surface area contributed by atoms with Gasteiger partial charge < -0.3 is 30.5 Å². The number of carbonyl (C=O) groups is 3. The second-order valence-corrected chi connectivity index (χ2v) is 13.9. The van der Waals surface area contributed by atoms with Gasteiger partial charge >= 0.3 is 6.09 Å². The maximum absolute atomic E-state index is 14.8. The quantitative estimate of drug-likeness (QED) is 0.0893. The smallest absolute Gasteiger partial charge is 0.407 e. The van der Waals surface area contributed by atoms with E-state index in [1.807, 2.05) is 20.8 Å². The molecule has 0 saturated carbocycles. The van der Waals surface area contributed by atoms with E-state index in [0.29, 0.717) is 48.6 Å². The molecule has 0 radical (unpaired) electrons. The van der Waals surface area contributed by atoms with Crippen molar-refractivity contribution in [3.05, 3.63) is 75.7 Å². The lowest BCUT2D eigenvalue weighted by molar-refractivity contribution is -0.884. The van der Waals surface area contributed by atoms with Gasteiger partial charge in [0.1, 0.15) is 11.4 Å². The summed E-state index contributed by atoms with van der Waals surface area (Å²) >= 11 is 0. The molecule has 0 atom stereocenters. The van der Waals surface area contributed by atoms with Gasteiger partial charge in [-0.1, -0.05) is 63.1 Å². The largest absolute Gasteiger partial charge is 0.633 e. The molecule has 0 aliphatic carbocycles. The summed E-state index contributed by atoms with van der Waals surface area (Å²) in [6.45, 7) is 7.89. The van der Waals surface area contributed by atoms with Crippen LogP contribution in [0.25, 0.3) is 0 Å². The Kier molecular flexibility index (Phi) is 15.0. The van der Waals surface area contributed by atoms with E-state index in [-0.39, 0.29) is 35.8 Å². The maximum Gasteiger partial charge on any atom is 0.407 e. The van der Waals surface area contributed by atoms with E-state index in [2.05, 4.69) is 5.32 Å². The fraction of sp³-hybridized carbons (Fsp3) is 0.568. The molecule has 1 aliphatic heterocycles. The molecular weight excluding hydrogens is 613 g/mol. The summed E-state index contributed by atoms with van der Waals surface area (Å²) in [6.07, 6.45) is 10.8. The molecule has 1 aliphatic rings. The Morgan fingerprint density at radius 3 is 2.04 bits per heavy atom. The zero-order valence-electron chi connectivity index (χ0n) is 29.0. The third kappa shape index (κ3) is 13.0. The summed E-state index contributed by atoms with van der Waals surface area (Å²) in [5, 5.41) is 22.4. The molecule has 1 saturated heterocycles. The predicted octanol–water partition coefficient (Wildman–Crippen LogP) is 4.91. The molecule has 0 bridgehead atoms. The van der Waals surface area contributed by atoms with Gasteiger partial charge in [0.05, 0.1) is 55.8 Å². The van der Waals surface area contributed by atoms with Crippen molar-refractivity contribution in [2.75, 3.05) is 39.3 Å². The molecule has 264 valence electrons. The number of carbonyl (C=O) groups excluding carboxylic acids is 3. The van der Waals surface area contributed by atoms with Gasteiger partial charge in [-0.3, -0.25) is 15.0 Å². The van der Waals surface area contributed by atoms with Crippen LogP contribution >= 0.6 is 0 Å². The minimum Gasteiger partial charge on any atom is -0.633 e. The summed E-state index contributed by atoms with van der Waals surface area (Å²) < 4.78 is 19.7. The highest BCUT2D eigenvalue weighted by Crippen LogP contribution is 2.20. The number of amides is 3. The summed E-state index contributed by atoms with van der Waals surface area (Å²) in [7, 11) is 0. The first-order valence-electron chi connectivity index (χ1n) is 17.4. The number of nitrogens with one attached hydrogen (secondary N) is 1. The van der Waals surface area contributed by atoms with Crippen molar-refractivity contribution in [1.29, 1.82) is 0 Å². The number of primary amides is 1. The number of piperazine rings is 1. The van der Waals surface area contributed by atoms with Gasteiger partial charge in [0.15, 0.2) is 5.71 Å². The Labute approximate surface area is 284 Å². The number of hydroxylamine groups is 3. The molecule has 1 fully saturated rings. The van der Waals surface area contributed by atoms with Crippen LogP contribution in [0.1, 0.15) is 117 Å². The number of halogens is 1. The van der Waals surface area contributed by atoms with Crippen LogP contribution in [-0.4, -0.2) is 78.0 Å². The zero-order valence-corrected chi connectivity index (χ0v) is 29.0. The van der Waals surface area contributed by atoms with E-state index in [1.54, 1.807) is 35.2 Å². The van der Waals surface area contributed by atoms with Gasteiger partial charge in [0, 0.05) is 6.54 Å². The minimum atomic E-state index is -0.624. The van der Waals surface area contributed by atoms with E-state index < -0.39 is 23.2 Å². The summed E-state index contributed by atoms with van der Waals surface area (Å²) in [5.74, 6) is -1.65. The molecule has 3 rings (SSSR count). The number of benzene rings is 2. The second kappa shape index (κ2) is 18.6. The highest BCUT2D eigenvalue weighted by atomic mass is 19.1. The number of hydrogen-bond donors (Lipinski definition) is 3. The predicted molar refractivity (Wildman–Crippen MR) is 186 cm³/mol. The van der Waals surface area contributed by atoms with E-state index in [1.165, 1.54) is 31.4 Å². The van der Waals surface area contributed by atoms with Crippen LogP contribution in [0.3, 0.4) is 0 Å². The molecule has 0 unspecified atom stereocenters. The average molecular weight is 669 g/mol. The molecule has 1 heterocycles. The second-order valence-electron chi connectivity index (χ2n) is 13.9. The van der Waals surface area contributed by atoms with E-state index in [9.17, 15) is 24.0 Å². The van der Waals surface area contributed by atoms with Gasteiger partial charge in [-0.25, -0.2) is 9.18 Å². The monoisotopic (exact) mass is 668 g/mol. The average Bonchev–Trinajstić information content (AvgIpc) is 3.03. The first kappa shape index (κ1) is 38.6. The molecule has 3 amide bonds. The van der Waals surface area contributed by atoms with E-state index >= 15 is 0 Å². The van der Waals surface area contributed by atoms with Crippen molar-refractivity contribution in [3.63, 3.8) is 0 Å². The van der Waals surface area contributed by atoms with E-state index in [0.717, 1.165) is 44.9 Å². The fourth-order valence-electron chi connectivity index (χ4n) is 6.01. The Bertz CT molecular complexity index is 1380. The number of ether oxygens (including phenoxy) is 1. The third-order valence-electron chi connectivity index (χ3n) is 8.70. The Morgan fingerprint density at radius 1 is 0.896 bits per heavy atom. The standard InChI is InChI=1S/C37H54FN5O5/c1-37(2,3)48-36(46)41-20-14-10-8-6-4-5-7-9-11-15-23-43(47)24-21-42(22-25-43)35(45)31-26-28(18-19-32(31)38)27-33(39)29-16-12-13-17-30(29)34(40)44/h12-13,16-19,26,39H,4-11,14-15,20-25,27H2,1-3H3,(H2,40,44)(H,41,46)/p+1. The number of nitrogens with zero attached hydrogens (tertiary/aromatic N) is 2. The summed E-state index contributed by atoms with van der Waals surface area (Å²) in [6, 6.07) is 11.1. The van der Waals surface area contributed by atoms with Crippen LogP contribution < -0.4 is 16.5 Å². The summed E-state index contributed by atoms with van der Waals surface area (Å²) in [4.78, 5) is 38.3. The number of hydrogen-bond acceptors (Lipinski definition) is 5. The molecule has 0 aromatic heterocycles. The van der Waals surface area contributed by atoms with Crippen molar-refractivity contribution >= 4 is 23.6 Å². The molecule has 11 heteroatoms. The molecule has 2 aromatic rings. The lowest BCUT2D eigenvalue weighted by Gasteiger charge is -2.48. The lowest BCUT2D eigenvalue weighted by atomic mass is 9.96. The summed E-state index contributed by atoms with van der Waals surface area (Å²) in [5.41, 5.74) is 6.79. The fourth-order valence-corrected chi connectivity index (χ4v) is 6.01. The molecule has 10 nitrogen and oxygen atoms in total. The third-order valence-corrected chi connectivity index (χ3v) is 8.70. The van der Waals surface area contributed by atoms with Crippen molar-refractivity contribution < 1.29 is 33.6 Å². The molecule has 5 N–H and O–H groups in total. The topological polar surface area (TPSA) is 150 Å². The lowest BCUT2D eigenvalue weighted by Crippen LogP contribution is -2.57. The van der Waals surface area contributed by atoms with Crippen molar-refractivity contribution in [2.24, 2.45) is 5.73 Å². The van der Waals surface area contributed by atoms with Gasteiger partial charge in [-0.15, -0.1) is 0 Å². The SMILES string of the molecule is CC(C)(C)OC(=O)NCCCCCCCCCCCC[N+]1([O-])CCN(C(=O)c2cc(CC(=[NH2+])c3ccccc3C(N)=O)ccc2F)CC1. The normalized spacial score (nSPS) is 14.4. The van der Waals surface area contributed by atoms with Crippen LogP contribution in [0.2, 0.25) is 0 Å². The van der Waals surface area contributed by atoms with Gasteiger partial charge in [0.25, 0.3) is 5.91 Å². The van der Waals surface area contributed by atoms with Gasteiger partial charge in [-0.2, -0.15) is 0 Å². The Morgan fingerprint density at radius 2 is 1.46 bits per heavy atom. The van der Waals surface area contributed by atoms with Crippen molar-refractivity contribution in [1.82, 2.24) is 10.2 Å². The number of quaternary nitrogens is 1. The van der Waals surface area contributed by atoms with Crippen molar-refractivity contribution in [2.45, 2.75) is 97.0 Å². The minimum absolute atomic E-state index is 0.0513. The molecule has 2 aromatic carbocycles. The zero-order chi connectivity index (χ0) is 35.2. The van der Waals surface area contributed by atoms with Crippen LogP contribution in [0.5, 0.6) is 0 Å². The highest BCUT2D eigenvalue weighted by Gasteiger charge is 2.30. The first-order chi connectivity index (χ1) is 22.8. The number of alkyl carbamates (subject to hydrolysis) is 1. The molecule has 0 spiro atoms. The molecular formula is C37H55FN5O5+. The molecule has 48 heavy (non-hydrogen) atoms. The van der Waals surface area contributed by atoms with Crippen molar-refractivity contribution in [3.8, 4) is 0 Å². The highest BCUT2D eigenvalue weighted by molar-refractivity contribution is 6.08. The van der Waals surface area contributed by atoms with Gasteiger partial charge in [-0.05, 0) is 69.9 Å². The number of nitrogens with two attached hydrogens (primary N) is 2. The van der Waals surface area contributed by atoms with Crippen LogP contribution in [0.4, 0.5) is 9.18 Å². The maximum atomic E-state index is 14.8. The Balaban J connectivity index is 1.30. The van der Waals surface area contributed by atoms with Gasteiger partial charge in [0.2, 0.25) is 5.91 Å². The van der Waals surface area contributed by atoms with Crippen LogP contribution in [0, 0.1) is 11.0 Å². The van der Waals surface area contributed by atoms with Crippen LogP contribution in [-0.2, 0) is 11.2 Å². The number of rotatable bonds is 18. The Hall–Kier alpha value is -3.83.